The summed E-state index contributed by atoms with van der Waals surface area (Å²) in [4.78, 5) is 41.5. The Bertz CT molecular complexity index is 842. The van der Waals surface area contributed by atoms with E-state index in [1.807, 2.05) is 30.3 Å². The Kier molecular flexibility index (Phi) is 5.65. The lowest BCUT2D eigenvalue weighted by Crippen LogP contribution is -2.56. The molecule has 8 heteroatoms. The molecule has 0 saturated carbocycles. The predicted molar refractivity (Wildman–Crippen MR) is 104 cm³/mol. The van der Waals surface area contributed by atoms with Crippen LogP contribution in [0, 0.1) is 0 Å². The quantitative estimate of drug-likeness (QED) is 0.648. The van der Waals surface area contributed by atoms with Gasteiger partial charge in [0.1, 0.15) is 5.69 Å². The van der Waals surface area contributed by atoms with Crippen molar-refractivity contribution in [3.8, 4) is 0 Å². The van der Waals surface area contributed by atoms with E-state index in [4.69, 9.17) is 0 Å². The van der Waals surface area contributed by atoms with Crippen LogP contribution in [0.1, 0.15) is 35.8 Å². The van der Waals surface area contributed by atoms with Crippen molar-refractivity contribution in [3.63, 3.8) is 0 Å². The number of benzene rings is 1. The van der Waals surface area contributed by atoms with Gasteiger partial charge in [-0.25, -0.2) is 0 Å². The molecule has 1 aliphatic rings. The highest BCUT2D eigenvalue weighted by Crippen LogP contribution is 2.35. The molecule has 3 amide bonds. The molecule has 0 spiro atoms. The summed E-state index contributed by atoms with van der Waals surface area (Å²) in [6.45, 7) is 2.52. The molecule has 1 fully saturated rings. The molecule has 3 N–H and O–H groups in total. The zero-order chi connectivity index (χ0) is 19.4. The molecule has 1 saturated heterocycles. The largest absolute Gasteiger partial charge is 0.356 e. The normalized spacial score (nSPS) is 15.9. The summed E-state index contributed by atoms with van der Waals surface area (Å²) in [5.74, 6) is -0.711. The van der Waals surface area contributed by atoms with Crippen LogP contribution in [-0.4, -0.2) is 40.7 Å². The number of hydrogen-bond donors (Lipinski definition) is 3. The Morgan fingerprint density at radius 3 is 2.33 bits per heavy atom. The molecule has 27 heavy (non-hydrogen) atoms. The number of rotatable bonds is 3. The van der Waals surface area contributed by atoms with E-state index >= 15 is 0 Å². The van der Waals surface area contributed by atoms with E-state index in [0.717, 1.165) is 10.0 Å². The molecule has 0 radical (unpaired) electrons. The maximum Gasteiger partial charge on any atom is 0.286 e. The minimum absolute atomic E-state index is 0.00249. The molecular formula is C19H21BrN4O3. The summed E-state index contributed by atoms with van der Waals surface area (Å²) < 4.78 is 0.747. The Morgan fingerprint density at radius 2 is 1.78 bits per heavy atom. The van der Waals surface area contributed by atoms with Crippen LogP contribution >= 0.6 is 15.9 Å². The number of hydrogen-bond acceptors (Lipinski definition) is 3. The van der Waals surface area contributed by atoms with E-state index in [-0.39, 0.29) is 11.8 Å². The zero-order valence-electron chi connectivity index (χ0n) is 14.9. The first kappa shape index (κ1) is 19.2. The van der Waals surface area contributed by atoms with Crippen molar-refractivity contribution in [2.24, 2.45) is 0 Å². The van der Waals surface area contributed by atoms with Gasteiger partial charge in [-0.3, -0.25) is 25.2 Å². The fourth-order valence-electron chi connectivity index (χ4n) is 3.41. The van der Waals surface area contributed by atoms with Gasteiger partial charge in [0.05, 0.1) is 5.41 Å². The van der Waals surface area contributed by atoms with Gasteiger partial charge >= 0.3 is 0 Å². The second-order valence-corrected chi connectivity index (χ2v) is 7.51. The second kappa shape index (κ2) is 7.96. The van der Waals surface area contributed by atoms with Crippen molar-refractivity contribution < 1.29 is 14.4 Å². The maximum atomic E-state index is 13.1. The Labute approximate surface area is 165 Å². The van der Waals surface area contributed by atoms with Crippen LogP contribution in [0.3, 0.4) is 0 Å². The van der Waals surface area contributed by atoms with Crippen LogP contribution in [0.4, 0.5) is 0 Å². The van der Waals surface area contributed by atoms with E-state index in [1.54, 1.807) is 17.2 Å². The number of aromatic nitrogens is 1. The molecule has 3 rings (SSSR count). The smallest absolute Gasteiger partial charge is 0.286 e. The number of piperidine rings is 1. The van der Waals surface area contributed by atoms with E-state index in [9.17, 15) is 14.4 Å². The number of nitrogens with one attached hydrogen (secondary N) is 3. The second-order valence-electron chi connectivity index (χ2n) is 6.59. The van der Waals surface area contributed by atoms with Crippen LogP contribution in [-0.2, 0) is 15.0 Å². The van der Waals surface area contributed by atoms with Crippen molar-refractivity contribution in [1.29, 1.82) is 0 Å². The van der Waals surface area contributed by atoms with Crippen molar-refractivity contribution in [3.05, 3.63) is 58.3 Å². The molecule has 0 bridgehead atoms. The molecule has 7 nitrogen and oxygen atoms in total. The summed E-state index contributed by atoms with van der Waals surface area (Å²) in [6, 6.07) is 11.1. The Hall–Kier alpha value is -2.61. The SMILES string of the molecule is CC(=O)N1CCC(C(=O)NNC(=O)c2cc(Br)c[nH]2)(c2ccccc2)CC1. The number of aromatic amines is 1. The fraction of sp³-hybridized carbons (Fsp3) is 0.316. The number of carbonyl (C=O) groups is 3. The average Bonchev–Trinajstić information content (AvgIpc) is 3.13. The lowest BCUT2D eigenvalue weighted by atomic mass is 9.72. The van der Waals surface area contributed by atoms with Crippen LogP contribution in [0.25, 0.3) is 0 Å². The van der Waals surface area contributed by atoms with Gasteiger partial charge in [-0.2, -0.15) is 0 Å². The van der Waals surface area contributed by atoms with Gasteiger partial charge in [0.25, 0.3) is 5.91 Å². The van der Waals surface area contributed by atoms with Crippen LogP contribution in [0.15, 0.2) is 47.1 Å². The van der Waals surface area contributed by atoms with Gasteiger partial charge < -0.3 is 9.88 Å². The van der Waals surface area contributed by atoms with Crippen LogP contribution < -0.4 is 10.9 Å². The minimum Gasteiger partial charge on any atom is -0.356 e. The molecule has 142 valence electrons. The monoisotopic (exact) mass is 432 g/mol. The number of carbonyl (C=O) groups excluding carboxylic acids is 3. The van der Waals surface area contributed by atoms with Gasteiger partial charge in [0.15, 0.2) is 0 Å². The third-order valence-electron chi connectivity index (χ3n) is 5.01. The van der Waals surface area contributed by atoms with E-state index in [1.165, 1.54) is 6.92 Å². The highest BCUT2D eigenvalue weighted by molar-refractivity contribution is 9.10. The first-order valence-corrected chi connectivity index (χ1v) is 9.47. The number of H-pyrrole nitrogens is 1. The molecule has 1 aromatic carbocycles. The summed E-state index contributed by atoms with van der Waals surface area (Å²) in [7, 11) is 0. The molecule has 2 heterocycles. The molecule has 0 atom stereocenters. The first-order chi connectivity index (χ1) is 12.9. The van der Waals surface area contributed by atoms with Crippen molar-refractivity contribution in [2.75, 3.05) is 13.1 Å². The average molecular weight is 433 g/mol. The number of nitrogens with zero attached hydrogens (tertiary/aromatic N) is 1. The Balaban J connectivity index is 1.76. The number of likely N-dealkylation sites (tertiary alicyclic amines) is 1. The van der Waals surface area contributed by atoms with Crippen molar-refractivity contribution >= 4 is 33.7 Å². The summed E-state index contributed by atoms with van der Waals surface area (Å²) in [5, 5.41) is 0. The lowest BCUT2D eigenvalue weighted by molar-refractivity contribution is -0.135. The van der Waals surface area contributed by atoms with Gasteiger partial charge in [0, 0.05) is 30.7 Å². The summed E-state index contributed by atoms with van der Waals surface area (Å²) >= 11 is 3.27. The highest BCUT2D eigenvalue weighted by Gasteiger charge is 2.43. The number of amides is 3. The van der Waals surface area contributed by atoms with Crippen molar-refractivity contribution in [2.45, 2.75) is 25.2 Å². The minimum atomic E-state index is -0.795. The maximum absolute atomic E-state index is 13.1. The van der Waals surface area contributed by atoms with Gasteiger partial charge in [0.2, 0.25) is 11.8 Å². The predicted octanol–water partition coefficient (Wildman–Crippen LogP) is 2.12. The van der Waals surface area contributed by atoms with Gasteiger partial charge in [-0.1, -0.05) is 30.3 Å². The molecule has 1 aromatic heterocycles. The van der Waals surface area contributed by atoms with E-state index in [2.05, 4.69) is 31.8 Å². The van der Waals surface area contributed by atoms with Gasteiger partial charge in [-0.05, 0) is 40.4 Å². The van der Waals surface area contributed by atoms with Crippen molar-refractivity contribution in [1.82, 2.24) is 20.7 Å². The fourth-order valence-corrected chi connectivity index (χ4v) is 3.75. The van der Waals surface area contributed by atoms with Crippen LogP contribution in [0.5, 0.6) is 0 Å². The molecule has 0 unspecified atom stereocenters. The Morgan fingerprint density at radius 1 is 1.11 bits per heavy atom. The summed E-state index contributed by atoms with van der Waals surface area (Å²) in [6.07, 6.45) is 2.62. The van der Waals surface area contributed by atoms with Gasteiger partial charge in [-0.15, -0.1) is 0 Å². The molecule has 0 aliphatic carbocycles. The molecular weight excluding hydrogens is 412 g/mol. The third kappa shape index (κ3) is 4.05. The number of hydrazine groups is 1. The van der Waals surface area contributed by atoms with E-state index in [0.29, 0.717) is 31.6 Å². The first-order valence-electron chi connectivity index (χ1n) is 8.68. The summed E-state index contributed by atoms with van der Waals surface area (Å²) in [5.41, 5.74) is 5.45. The molecule has 2 aromatic rings. The topological polar surface area (TPSA) is 94.3 Å². The lowest BCUT2D eigenvalue weighted by Gasteiger charge is -2.40. The van der Waals surface area contributed by atoms with Crippen LogP contribution in [0.2, 0.25) is 0 Å². The zero-order valence-corrected chi connectivity index (χ0v) is 16.5. The standard InChI is InChI=1S/C19H21BrN4O3/c1-13(25)24-9-7-19(8-10-24,14-5-3-2-4-6-14)18(27)23-22-17(26)16-11-15(20)12-21-16/h2-6,11-12,21H,7-10H2,1H3,(H,22,26)(H,23,27). The third-order valence-corrected chi connectivity index (χ3v) is 5.46. The van der Waals surface area contributed by atoms with E-state index < -0.39 is 11.3 Å². The molecule has 1 aliphatic heterocycles. The highest BCUT2D eigenvalue weighted by atomic mass is 79.9. The number of halogens is 1.